The maximum atomic E-state index is 11.7. The average molecular weight is 299 g/mol. The Hall–Kier alpha value is -2.07. The number of hydrogen-bond donors (Lipinski definition) is 1. The van der Waals surface area contributed by atoms with E-state index in [1.807, 2.05) is 31.2 Å². The van der Waals surface area contributed by atoms with Crippen molar-refractivity contribution in [2.75, 3.05) is 42.9 Å². The molecule has 1 aliphatic heterocycles. The third kappa shape index (κ3) is 4.74. The molecular formula is C18H25N3O. The molecule has 1 aromatic rings. The first-order chi connectivity index (χ1) is 10.7. The smallest absolute Gasteiger partial charge is 0.248 e. The quantitative estimate of drug-likeness (QED) is 0.671. The predicted molar refractivity (Wildman–Crippen MR) is 93.4 cm³/mol. The minimum Gasteiger partial charge on any atom is -0.369 e. The zero-order chi connectivity index (χ0) is 15.8. The van der Waals surface area contributed by atoms with E-state index in [9.17, 15) is 4.79 Å². The molecule has 1 heterocycles. The van der Waals surface area contributed by atoms with Crippen molar-refractivity contribution in [1.29, 1.82) is 0 Å². The zero-order valence-electron chi connectivity index (χ0n) is 13.5. The van der Waals surface area contributed by atoms with E-state index in [1.54, 1.807) is 6.08 Å². The van der Waals surface area contributed by atoms with E-state index < -0.39 is 0 Å². The van der Waals surface area contributed by atoms with Gasteiger partial charge in [-0.3, -0.25) is 4.79 Å². The zero-order valence-corrected chi connectivity index (χ0v) is 13.5. The van der Waals surface area contributed by atoms with Crippen LogP contribution in [-0.2, 0) is 4.79 Å². The molecule has 0 aromatic heterocycles. The van der Waals surface area contributed by atoms with Gasteiger partial charge in [-0.05, 0) is 37.7 Å². The van der Waals surface area contributed by atoms with Crippen LogP contribution < -0.4 is 10.2 Å². The van der Waals surface area contributed by atoms with Crippen LogP contribution in [0.2, 0.25) is 0 Å². The molecule has 1 aromatic carbocycles. The first kappa shape index (κ1) is 16.3. The molecule has 4 heteroatoms. The van der Waals surface area contributed by atoms with Crippen LogP contribution in [0, 0.1) is 0 Å². The van der Waals surface area contributed by atoms with Crippen molar-refractivity contribution in [3.05, 3.63) is 48.6 Å². The lowest BCUT2D eigenvalue weighted by atomic mass is 10.2. The largest absolute Gasteiger partial charge is 0.369 e. The van der Waals surface area contributed by atoms with Crippen LogP contribution in [0.4, 0.5) is 11.4 Å². The summed E-state index contributed by atoms with van der Waals surface area (Å²) < 4.78 is 0. The fourth-order valence-electron chi connectivity index (χ4n) is 2.52. The molecule has 0 spiro atoms. The van der Waals surface area contributed by atoms with Gasteiger partial charge in [0.2, 0.25) is 5.91 Å². The summed E-state index contributed by atoms with van der Waals surface area (Å²) in [7, 11) is 0. The van der Waals surface area contributed by atoms with Gasteiger partial charge in [0.05, 0.1) is 0 Å². The number of carbonyl (C=O) groups excluding carboxylic acids is 1. The van der Waals surface area contributed by atoms with Crippen molar-refractivity contribution in [3.8, 4) is 0 Å². The molecule has 0 aliphatic carbocycles. The van der Waals surface area contributed by atoms with E-state index in [0.29, 0.717) is 0 Å². The van der Waals surface area contributed by atoms with E-state index in [0.717, 1.165) is 38.4 Å². The van der Waals surface area contributed by atoms with Crippen LogP contribution in [0.5, 0.6) is 0 Å². The molecule has 1 aliphatic rings. The highest BCUT2D eigenvalue weighted by atomic mass is 16.1. The van der Waals surface area contributed by atoms with Crippen molar-refractivity contribution in [1.82, 2.24) is 4.90 Å². The van der Waals surface area contributed by atoms with E-state index in [4.69, 9.17) is 0 Å². The van der Waals surface area contributed by atoms with Crippen LogP contribution in [0.25, 0.3) is 0 Å². The highest BCUT2D eigenvalue weighted by Gasteiger charge is 2.15. The third-order valence-corrected chi connectivity index (χ3v) is 3.87. The molecular weight excluding hydrogens is 274 g/mol. The SMILES string of the molecule is CC=CC=CC(=O)Nc1ccc(N2CCN(CC)CC2)cc1. The number of anilines is 2. The van der Waals surface area contributed by atoms with Gasteiger partial charge >= 0.3 is 0 Å². The van der Waals surface area contributed by atoms with Gasteiger partial charge in [0.15, 0.2) is 0 Å². The van der Waals surface area contributed by atoms with Crippen molar-refractivity contribution >= 4 is 17.3 Å². The fraction of sp³-hybridized carbons (Fsp3) is 0.389. The van der Waals surface area contributed by atoms with Gasteiger partial charge in [0.1, 0.15) is 0 Å². The van der Waals surface area contributed by atoms with Crippen LogP contribution >= 0.6 is 0 Å². The van der Waals surface area contributed by atoms with Gasteiger partial charge in [-0.25, -0.2) is 0 Å². The van der Waals surface area contributed by atoms with E-state index in [-0.39, 0.29) is 5.91 Å². The van der Waals surface area contributed by atoms with Gasteiger partial charge in [-0.15, -0.1) is 0 Å². The van der Waals surface area contributed by atoms with Gasteiger partial charge in [0.25, 0.3) is 0 Å². The minimum atomic E-state index is -0.109. The number of nitrogens with zero attached hydrogens (tertiary/aromatic N) is 2. The van der Waals surface area contributed by atoms with Crippen molar-refractivity contribution in [2.24, 2.45) is 0 Å². The highest BCUT2D eigenvalue weighted by molar-refractivity contribution is 5.99. The number of allylic oxidation sites excluding steroid dienone is 3. The second-order valence-electron chi connectivity index (χ2n) is 5.34. The molecule has 1 saturated heterocycles. The Morgan fingerprint density at radius 1 is 1.14 bits per heavy atom. The molecule has 0 bridgehead atoms. The lowest BCUT2D eigenvalue weighted by Crippen LogP contribution is -2.46. The first-order valence-electron chi connectivity index (χ1n) is 7.90. The summed E-state index contributed by atoms with van der Waals surface area (Å²) in [4.78, 5) is 16.5. The summed E-state index contributed by atoms with van der Waals surface area (Å²) in [5.74, 6) is -0.109. The molecule has 2 rings (SSSR count). The molecule has 1 amide bonds. The predicted octanol–water partition coefficient (Wildman–Crippen LogP) is 2.90. The summed E-state index contributed by atoms with van der Waals surface area (Å²) in [6.07, 6.45) is 6.98. The molecule has 1 N–H and O–H groups in total. The normalized spacial score (nSPS) is 16.5. The van der Waals surface area contributed by atoms with Crippen LogP contribution in [0.1, 0.15) is 13.8 Å². The Labute approximate surface area is 133 Å². The average Bonchev–Trinajstić information content (AvgIpc) is 2.56. The van der Waals surface area contributed by atoms with E-state index >= 15 is 0 Å². The molecule has 0 unspecified atom stereocenters. The van der Waals surface area contributed by atoms with Gasteiger partial charge < -0.3 is 15.1 Å². The lowest BCUT2D eigenvalue weighted by Gasteiger charge is -2.35. The van der Waals surface area contributed by atoms with Crippen molar-refractivity contribution in [3.63, 3.8) is 0 Å². The maximum absolute atomic E-state index is 11.7. The third-order valence-electron chi connectivity index (χ3n) is 3.87. The monoisotopic (exact) mass is 299 g/mol. The van der Waals surface area contributed by atoms with Gasteiger partial charge in [-0.2, -0.15) is 0 Å². The molecule has 4 nitrogen and oxygen atoms in total. The molecule has 22 heavy (non-hydrogen) atoms. The minimum absolute atomic E-state index is 0.109. The van der Waals surface area contributed by atoms with Crippen LogP contribution in [0.3, 0.4) is 0 Å². The number of rotatable bonds is 5. The molecule has 0 saturated carbocycles. The second-order valence-corrected chi connectivity index (χ2v) is 5.34. The molecule has 1 fully saturated rings. The lowest BCUT2D eigenvalue weighted by molar-refractivity contribution is -0.111. The number of nitrogens with one attached hydrogen (secondary N) is 1. The topological polar surface area (TPSA) is 35.6 Å². The molecule has 118 valence electrons. The van der Waals surface area contributed by atoms with E-state index in [1.165, 1.54) is 11.8 Å². The number of hydrogen-bond acceptors (Lipinski definition) is 3. The van der Waals surface area contributed by atoms with Crippen molar-refractivity contribution in [2.45, 2.75) is 13.8 Å². The number of amides is 1. The first-order valence-corrected chi connectivity index (χ1v) is 7.90. The number of likely N-dealkylation sites (N-methyl/N-ethyl adjacent to an activating group) is 1. The Morgan fingerprint density at radius 2 is 1.82 bits per heavy atom. The molecule has 0 radical (unpaired) electrons. The van der Waals surface area contributed by atoms with Gasteiger partial charge in [0, 0.05) is 43.6 Å². The molecule has 0 atom stereocenters. The Bertz CT molecular complexity index is 526. The number of benzene rings is 1. The summed E-state index contributed by atoms with van der Waals surface area (Å²) in [6.45, 7) is 9.60. The summed E-state index contributed by atoms with van der Waals surface area (Å²) >= 11 is 0. The Kier molecular flexibility index (Phi) is 6.22. The Morgan fingerprint density at radius 3 is 2.41 bits per heavy atom. The summed E-state index contributed by atoms with van der Waals surface area (Å²) in [6, 6.07) is 8.08. The second kappa shape index (κ2) is 8.39. The highest BCUT2D eigenvalue weighted by Crippen LogP contribution is 2.19. The summed E-state index contributed by atoms with van der Waals surface area (Å²) in [5, 5.41) is 2.86. The van der Waals surface area contributed by atoms with Crippen LogP contribution in [-0.4, -0.2) is 43.5 Å². The number of piperazine rings is 1. The van der Waals surface area contributed by atoms with Crippen LogP contribution in [0.15, 0.2) is 48.6 Å². The van der Waals surface area contributed by atoms with Gasteiger partial charge in [-0.1, -0.05) is 25.2 Å². The van der Waals surface area contributed by atoms with E-state index in [2.05, 4.69) is 34.2 Å². The Balaban J connectivity index is 1.89. The standard InChI is InChI=1S/C18H25N3O/c1-3-5-6-7-18(22)19-16-8-10-17(11-9-16)21-14-12-20(4-2)13-15-21/h3,5-11H,4,12-15H2,1-2H3,(H,19,22). The van der Waals surface area contributed by atoms with Crippen molar-refractivity contribution < 1.29 is 4.79 Å². The maximum Gasteiger partial charge on any atom is 0.248 e. The number of carbonyl (C=O) groups is 1. The summed E-state index contributed by atoms with van der Waals surface area (Å²) in [5.41, 5.74) is 2.05. The fourth-order valence-corrected chi connectivity index (χ4v) is 2.52.